The highest BCUT2D eigenvalue weighted by Crippen LogP contribution is 2.42. The molecule has 0 spiro atoms. The minimum atomic E-state index is -0.860. The first-order valence-electron chi connectivity index (χ1n) is 10.7. The lowest BCUT2D eigenvalue weighted by Crippen LogP contribution is -2.40. The molecule has 1 aromatic rings. The fraction of sp³-hybridized carbons (Fsp3) is 0.739. The van der Waals surface area contributed by atoms with Crippen LogP contribution in [0.5, 0.6) is 5.75 Å². The number of rotatable bonds is 15. The van der Waals surface area contributed by atoms with Crippen molar-refractivity contribution in [3.63, 3.8) is 0 Å². The van der Waals surface area contributed by atoms with E-state index >= 15 is 0 Å². The lowest BCUT2D eigenvalue weighted by molar-refractivity contribution is -0.277. The summed E-state index contributed by atoms with van der Waals surface area (Å²) in [4.78, 5) is 0. The van der Waals surface area contributed by atoms with Crippen molar-refractivity contribution >= 4 is 0 Å². The molecule has 1 aromatic carbocycles. The van der Waals surface area contributed by atoms with Gasteiger partial charge in [0.15, 0.2) is 0 Å². The number of benzene rings is 1. The zero-order valence-electron chi connectivity index (χ0n) is 17.4. The Morgan fingerprint density at radius 2 is 1.42 bits per heavy atom. The fourth-order valence-corrected chi connectivity index (χ4v) is 3.44. The van der Waals surface area contributed by atoms with E-state index in [1.54, 1.807) is 6.07 Å². The molecule has 0 saturated carbocycles. The minimum Gasteiger partial charge on any atom is -0.507 e. The maximum absolute atomic E-state index is 10.5. The first-order valence-corrected chi connectivity index (χ1v) is 10.7. The Bertz CT molecular complexity index is 464. The highest BCUT2D eigenvalue weighted by atomic mass is 16.7. The molecule has 1 atom stereocenters. The lowest BCUT2D eigenvalue weighted by Gasteiger charge is -2.39. The van der Waals surface area contributed by atoms with Crippen molar-refractivity contribution in [3.8, 4) is 5.75 Å². The van der Waals surface area contributed by atoms with E-state index in [9.17, 15) is 5.11 Å². The van der Waals surface area contributed by atoms with E-state index in [2.05, 4.69) is 27.7 Å². The Morgan fingerprint density at radius 1 is 0.846 bits per heavy atom. The van der Waals surface area contributed by atoms with Crippen LogP contribution in [0.15, 0.2) is 24.3 Å². The van der Waals surface area contributed by atoms with Crippen molar-refractivity contribution in [2.45, 2.75) is 91.3 Å². The van der Waals surface area contributed by atoms with Gasteiger partial charge in [0.2, 0.25) is 5.79 Å². The van der Waals surface area contributed by atoms with Crippen LogP contribution in [0.3, 0.4) is 0 Å². The molecule has 3 heteroatoms. The highest BCUT2D eigenvalue weighted by Gasteiger charge is 2.41. The number of hydrogen-bond donors (Lipinski definition) is 1. The van der Waals surface area contributed by atoms with Gasteiger partial charge in [-0.1, -0.05) is 78.4 Å². The molecule has 150 valence electrons. The summed E-state index contributed by atoms with van der Waals surface area (Å²) in [5.74, 6) is -0.421. The molecule has 0 radical (unpaired) electrons. The Morgan fingerprint density at radius 3 is 2.00 bits per heavy atom. The molecule has 0 aromatic heterocycles. The second-order valence-electron chi connectivity index (χ2n) is 7.34. The molecule has 0 bridgehead atoms. The normalized spacial score (nSPS) is 13.1. The van der Waals surface area contributed by atoms with E-state index in [0.29, 0.717) is 13.2 Å². The molecule has 0 amide bonds. The highest BCUT2D eigenvalue weighted by molar-refractivity contribution is 5.36. The maximum Gasteiger partial charge on any atom is 0.201 e. The van der Waals surface area contributed by atoms with Gasteiger partial charge in [-0.05, 0) is 31.4 Å². The van der Waals surface area contributed by atoms with Crippen molar-refractivity contribution in [2.24, 2.45) is 5.92 Å². The van der Waals surface area contributed by atoms with Gasteiger partial charge in [0.05, 0.1) is 18.8 Å². The average molecular weight is 365 g/mol. The second-order valence-corrected chi connectivity index (χ2v) is 7.34. The largest absolute Gasteiger partial charge is 0.507 e. The molecular formula is C23H40O3. The first-order chi connectivity index (χ1) is 12.6. The van der Waals surface area contributed by atoms with Crippen molar-refractivity contribution in [3.05, 3.63) is 29.8 Å². The van der Waals surface area contributed by atoms with Crippen molar-refractivity contribution in [1.29, 1.82) is 0 Å². The third-order valence-corrected chi connectivity index (χ3v) is 4.96. The summed E-state index contributed by atoms with van der Waals surface area (Å²) in [6.07, 6.45) is 10.5. The van der Waals surface area contributed by atoms with E-state index in [4.69, 9.17) is 9.47 Å². The zero-order valence-corrected chi connectivity index (χ0v) is 17.4. The summed E-state index contributed by atoms with van der Waals surface area (Å²) in [5, 5.41) is 10.5. The standard InChI is InChI=1S/C23H40O3/c1-5-8-9-10-11-12-15-20(4)23(25-18-6-2,26-19-7-3)21-16-13-14-17-22(21)24/h13-14,16-17,20,24H,5-12,15,18-19H2,1-4H3. The van der Waals surface area contributed by atoms with Crippen molar-refractivity contribution < 1.29 is 14.6 Å². The molecule has 1 N–H and O–H groups in total. The molecular weight excluding hydrogens is 324 g/mol. The number of hydrogen-bond acceptors (Lipinski definition) is 3. The average Bonchev–Trinajstić information content (AvgIpc) is 2.65. The smallest absolute Gasteiger partial charge is 0.201 e. The van der Waals surface area contributed by atoms with Crippen LogP contribution in [0.2, 0.25) is 0 Å². The van der Waals surface area contributed by atoms with Gasteiger partial charge in [0.25, 0.3) is 0 Å². The Hall–Kier alpha value is -1.06. The number of phenolic OH excluding ortho intramolecular Hbond substituents is 1. The second kappa shape index (κ2) is 13.2. The lowest BCUT2D eigenvalue weighted by atomic mass is 9.87. The predicted molar refractivity (Wildman–Crippen MR) is 109 cm³/mol. The molecule has 0 aliphatic rings. The Balaban J connectivity index is 2.91. The van der Waals surface area contributed by atoms with E-state index in [1.807, 2.05) is 18.2 Å². The van der Waals surface area contributed by atoms with Crippen LogP contribution in [0.25, 0.3) is 0 Å². The van der Waals surface area contributed by atoms with E-state index in [-0.39, 0.29) is 11.7 Å². The van der Waals surface area contributed by atoms with Crippen LogP contribution in [0.1, 0.15) is 91.0 Å². The van der Waals surface area contributed by atoms with Gasteiger partial charge in [0.1, 0.15) is 5.75 Å². The SMILES string of the molecule is CCCCCCCCC(C)C(OCCC)(OCCC)c1ccccc1O. The zero-order chi connectivity index (χ0) is 19.3. The number of aromatic hydroxyl groups is 1. The molecule has 0 aliphatic carbocycles. The summed E-state index contributed by atoms with van der Waals surface area (Å²) in [5.41, 5.74) is 0.764. The summed E-state index contributed by atoms with van der Waals surface area (Å²) in [6, 6.07) is 7.47. The predicted octanol–water partition coefficient (Wildman–Crippen LogP) is 6.78. The molecule has 3 nitrogen and oxygen atoms in total. The molecule has 26 heavy (non-hydrogen) atoms. The van der Waals surface area contributed by atoms with Gasteiger partial charge in [0, 0.05) is 5.92 Å². The van der Waals surface area contributed by atoms with Gasteiger partial charge in [-0.15, -0.1) is 0 Å². The molecule has 0 fully saturated rings. The maximum atomic E-state index is 10.5. The van der Waals surface area contributed by atoms with Crippen LogP contribution in [-0.4, -0.2) is 18.3 Å². The van der Waals surface area contributed by atoms with Gasteiger partial charge >= 0.3 is 0 Å². The van der Waals surface area contributed by atoms with E-state index in [0.717, 1.165) is 24.8 Å². The third kappa shape index (κ3) is 6.92. The van der Waals surface area contributed by atoms with E-state index < -0.39 is 5.79 Å². The van der Waals surface area contributed by atoms with Gasteiger partial charge in [-0.25, -0.2) is 0 Å². The van der Waals surface area contributed by atoms with E-state index in [1.165, 1.54) is 38.5 Å². The number of unbranched alkanes of at least 4 members (excludes halogenated alkanes) is 5. The molecule has 0 saturated heterocycles. The van der Waals surface area contributed by atoms with Crippen LogP contribution in [0.4, 0.5) is 0 Å². The summed E-state index contributed by atoms with van der Waals surface area (Å²) in [6.45, 7) is 9.90. The number of ether oxygens (including phenoxy) is 2. The minimum absolute atomic E-state index is 0.181. The van der Waals surface area contributed by atoms with Crippen LogP contribution >= 0.6 is 0 Å². The summed E-state index contributed by atoms with van der Waals surface area (Å²) >= 11 is 0. The van der Waals surface area contributed by atoms with Crippen LogP contribution in [0, 0.1) is 5.92 Å². The van der Waals surface area contributed by atoms with Crippen molar-refractivity contribution in [1.82, 2.24) is 0 Å². The molecule has 1 unspecified atom stereocenters. The number of phenols is 1. The molecule has 0 aliphatic heterocycles. The van der Waals surface area contributed by atoms with Gasteiger partial charge in [-0.2, -0.15) is 0 Å². The first kappa shape index (κ1) is 23.0. The Kier molecular flexibility index (Phi) is 11.6. The third-order valence-electron chi connectivity index (χ3n) is 4.96. The molecule has 0 heterocycles. The quantitative estimate of drug-likeness (QED) is 0.275. The topological polar surface area (TPSA) is 38.7 Å². The summed E-state index contributed by atoms with van der Waals surface area (Å²) < 4.78 is 12.6. The monoisotopic (exact) mass is 364 g/mol. The fourth-order valence-electron chi connectivity index (χ4n) is 3.44. The van der Waals surface area contributed by atoms with Crippen molar-refractivity contribution in [2.75, 3.05) is 13.2 Å². The number of para-hydroxylation sites is 1. The van der Waals surface area contributed by atoms with Crippen LogP contribution in [-0.2, 0) is 15.3 Å². The summed E-state index contributed by atoms with van der Waals surface area (Å²) in [7, 11) is 0. The van der Waals surface area contributed by atoms with Gasteiger partial charge in [-0.3, -0.25) is 0 Å². The van der Waals surface area contributed by atoms with Gasteiger partial charge < -0.3 is 14.6 Å². The Labute approximate surface area is 161 Å². The van der Waals surface area contributed by atoms with Crippen LogP contribution < -0.4 is 0 Å². The molecule has 1 rings (SSSR count).